The van der Waals surface area contributed by atoms with Crippen LogP contribution in [0.3, 0.4) is 0 Å². The molecule has 3 rings (SSSR count). The van der Waals surface area contributed by atoms with Crippen molar-refractivity contribution < 1.29 is 0 Å². The van der Waals surface area contributed by atoms with Crippen molar-refractivity contribution in [2.45, 2.75) is 49.0 Å². The zero-order valence-electron chi connectivity index (χ0n) is 12.1. The van der Waals surface area contributed by atoms with Crippen LogP contribution in [0.2, 0.25) is 0 Å². The van der Waals surface area contributed by atoms with Crippen molar-refractivity contribution >= 4 is 27.7 Å². The molecule has 1 aliphatic carbocycles. The first-order valence-corrected chi connectivity index (χ1v) is 10.0. The average molecular weight is 354 g/mol. The SMILES string of the molecule is BrCCN(CC1CSc2ccccc21)C1CCCCC1. The fourth-order valence-electron chi connectivity index (χ4n) is 3.64. The van der Waals surface area contributed by atoms with Gasteiger partial charge in [-0.3, -0.25) is 4.90 Å². The van der Waals surface area contributed by atoms with Gasteiger partial charge in [-0.05, 0) is 24.5 Å². The largest absolute Gasteiger partial charge is 0.299 e. The Kier molecular flexibility index (Phi) is 5.47. The summed E-state index contributed by atoms with van der Waals surface area (Å²) in [5.41, 5.74) is 1.59. The Hall–Kier alpha value is 0.0100. The molecule has 1 atom stereocenters. The van der Waals surface area contributed by atoms with Crippen LogP contribution >= 0.6 is 27.7 Å². The van der Waals surface area contributed by atoms with Crippen LogP contribution in [0.4, 0.5) is 0 Å². The molecule has 1 unspecified atom stereocenters. The second-order valence-electron chi connectivity index (χ2n) is 6.02. The van der Waals surface area contributed by atoms with Crippen LogP contribution in [0.25, 0.3) is 0 Å². The molecule has 0 N–H and O–H groups in total. The summed E-state index contributed by atoms with van der Waals surface area (Å²) in [5, 5.41) is 1.10. The number of benzene rings is 1. The average Bonchev–Trinajstić information content (AvgIpc) is 2.91. The molecular formula is C17H24BrNS. The van der Waals surface area contributed by atoms with Crippen molar-refractivity contribution in [3.63, 3.8) is 0 Å². The van der Waals surface area contributed by atoms with E-state index < -0.39 is 0 Å². The van der Waals surface area contributed by atoms with Crippen LogP contribution in [0.15, 0.2) is 29.2 Å². The highest BCUT2D eigenvalue weighted by Crippen LogP contribution is 2.40. The van der Waals surface area contributed by atoms with E-state index in [2.05, 4.69) is 45.1 Å². The van der Waals surface area contributed by atoms with Gasteiger partial charge in [-0.25, -0.2) is 0 Å². The van der Waals surface area contributed by atoms with Crippen LogP contribution < -0.4 is 0 Å². The van der Waals surface area contributed by atoms with Gasteiger partial charge in [0.2, 0.25) is 0 Å². The van der Waals surface area contributed by atoms with E-state index in [1.165, 1.54) is 55.8 Å². The highest BCUT2D eigenvalue weighted by atomic mass is 79.9. The van der Waals surface area contributed by atoms with Gasteiger partial charge in [-0.1, -0.05) is 53.4 Å². The normalized spacial score (nSPS) is 23.2. The van der Waals surface area contributed by atoms with Gasteiger partial charge in [0.05, 0.1) is 0 Å². The third kappa shape index (κ3) is 3.42. The van der Waals surface area contributed by atoms with Crippen molar-refractivity contribution in [1.29, 1.82) is 0 Å². The first-order chi connectivity index (χ1) is 9.88. The standard InChI is InChI=1S/C17H24BrNS/c18-10-11-19(15-6-2-1-3-7-15)12-14-13-20-17-9-5-4-8-16(14)17/h4-5,8-9,14-15H,1-3,6-7,10-13H2. The molecule has 1 fully saturated rings. The van der Waals surface area contributed by atoms with Gasteiger partial charge in [0, 0.05) is 41.0 Å². The Morgan fingerprint density at radius 1 is 1.15 bits per heavy atom. The van der Waals surface area contributed by atoms with Crippen LogP contribution in [0.1, 0.15) is 43.6 Å². The topological polar surface area (TPSA) is 3.24 Å². The van der Waals surface area contributed by atoms with Crippen molar-refractivity contribution in [3.8, 4) is 0 Å². The molecule has 0 radical (unpaired) electrons. The van der Waals surface area contributed by atoms with E-state index in [4.69, 9.17) is 0 Å². The minimum atomic E-state index is 0.733. The lowest BCUT2D eigenvalue weighted by Gasteiger charge is -2.35. The molecular weight excluding hydrogens is 330 g/mol. The molecule has 1 saturated carbocycles. The number of hydrogen-bond donors (Lipinski definition) is 0. The van der Waals surface area contributed by atoms with Gasteiger partial charge in [0.1, 0.15) is 0 Å². The number of hydrogen-bond acceptors (Lipinski definition) is 2. The van der Waals surface area contributed by atoms with Gasteiger partial charge < -0.3 is 0 Å². The van der Waals surface area contributed by atoms with E-state index in [-0.39, 0.29) is 0 Å². The van der Waals surface area contributed by atoms with E-state index in [9.17, 15) is 0 Å². The number of rotatable bonds is 5. The zero-order valence-corrected chi connectivity index (χ0v) is 14.5. The van der Waals surface area contributed by atoms with Crippen LogP contribution in [-0.2, 0) is 0 Å². The van der Waals surface area contributed by atoms with E-state index in [1.54, 1.807) is 5.56 Å². The van der Waals surface area contributed by atoms with Crippen LogP contribution in [0.5, 0.6) is 0 Å². The van der Waals surface area contributed by atoms with E-state index in [1.807, 2.05) is 11.8 Å². The Labute approximate surface area is 135 Å². The fraction of sp³-hybridized carbons (Fsp3) is 0.647. The number of halogens is 1. The maximum Gasteiger partial charge on any atom is 0.0159 e. The molecule has 0 saturated heterocycles. The third-order valence-corrected chi connectivity index (χ3v) is 6.32. The molecule has 0 bridgehead atoms. The monoisotopic (exact) mass is 353 g/mol. The predicted octanol–water partition coefficient (Wildman–Crippen LogP) is 4.91. The van der Waals surface area contributed by atoms with Gasteiger partial charge in [-0.2, -0.15) is 0 Å². The molecule has 1 aromatic carbocycles. The smallest absolute Gasteiger partial charge is 0.0159 e. The summed E-state index contributed by atoms with van der Waals surface area (Å²) in [5.74, 6) is 2.00. The molecule has 20 heavy (non-hydrogen) atoms. The van der Waals surface area contributed by atoms with E-state index in [0.29, 0.717) is 0 Å². The van der Waals surface area contributed by atoms with Crippen molar-refractivity contribution in [3.05, 3.63) is 29.8 Å². The number of fused-ring (bicyclic) bond motifs is 1. The van der Waals surface area contributed by atoms with Crippen molar-refractivity contribution in [2.75, 3.05) is 24.2 Å². The highest BCUT2D eigenvalue weighted by molar-refractivity contribution is 9.09. The van der Waals surface area contributed by atoms with Gasteiger partial charge in [-0.15, -0.1) is 11.8 Å². The second kappa shape index (κ2) is 7.33. The number of nitrogens with zero attached hydrogens (tertiary/aromatic N) is 1. The lowest BCUT2D eigenvalue weighted by atomic mass is 9.92. The molecule has 1 nitrogen and oxygen atoms in total. The van der Waals surface area contributed by atoms with Gasteiger partial charge >= 0.3 is 0 Å². The summed E-state index contributed by atoms with van der Waals surface area (Å²) in [6.07, 6.45) is 7.13. The summed E-state index contributed by atoms with van der Waals surface area (Å²) in [6.45, 7) is 2.45. The molecule has 0 amide bonds. The quantitative estimate of drug-likeness (QED) is 0.692. The maximum atomic E-state index is 3.65. The van der Waals surface area contributed by atoms with Crippen LogP contribution in [0, 0.1) is 0 Å². The Bertz CT molecular complexity index is 431. The van der Waals surface area contributed by atoms with Gasteiger partial charge in [0.15, 0.2) is 0 Å². The van der Waals surface area contributed by atoms with Crippen LogP contribution in [-0.4, -0.2) is 35.1 Å². The van der Waals surface area contributed by atoms with Gasteiger partial charge in [0.25, 0.3) is 0 Å². The lowest BCUT2D eigenvalue weighted by molar-refractivity contribution is 0.159. The first-order valence-electron chi connectivity index (χ1n) is 7.90. The summed E-state index contributed by atoms with van der Waals surface area (Å²) in [4.78, 5) is 4.28. The molecule has 1 heterocycles. The molecule has 1 aromatic rings. The summed E-state index contributed by atoms with van der Waals surface area (Å²) in [6, 6.07) is 9.83. The van der Waals surface area contributed by atoms with Crippen molar-refractivity contribution in [2.24, 2.45) is 0 Å². The predicted molar refractivity (Wildman–Crippen MR) is 92.1 cm³/mol. The lowest BCUT2D eigenvalue weighted by Crippen LogP contribution is -2.40. The first kappa shape index (κ1) is 14.9. The molecule has 1 aliphatic heterocycles. The fourth-order valence-corrected chi connectivity index (χ4v) is 5.34. The van der Waals surface area contributed by atoms with Crippen molar-refractivity contribution in [1.82, 2.24) is 4.90 Å². The molecule has 2 aliphatic rings. The zero-order chi connectivity index (χ0) is 13.8. The minimum absolute atomic E-state index is 0.733. The van der Waals surface area contributed by atoms with E-state index >= 15 is 0 Å². The molecule has 0 aromatic heterocycles. The highest BCUT2D eigenvalue weighted by Gasteiger charge is 2.28. The Morgan fingerprint density at radius 2 is 1.95 bits per heavy atom. The second-order valence-corrected chi connectivity index (χ2v) is 7.88. The summed E-state index contributed by atoms with van der Waals surface area (Å²) < 4.78 is 0. The third-order valence-electron chi connectivity index (χ3n) is 4.72. The molecule has 3 heteroatoms. The number of alkyl halides is 1. The summed E-state index contributed by atoms with van der Waals surface area (Å²) >= 11 is 5.70. The Balaban J connectivity index is 1.67. The Morgan fingerprint density at radius 3 is 2.75 bits per heavy atom. The minimum Gasteiger partial charge on any atom is -0.299 e. The summed E-state index contributed by atoms with van der Waals surface area (Å²) in [7, 11) is 0. The maximum absolute atomic E-state index is 3.65. The molecule has 0 spiro atoms. The number of thioether (sulfide) groups is 1. The van der Waals surface area contributed by atoms with E-state index in [0.717, 1.165) is 17.3 Å². The molecule has 110 valence electrons.